The topological polar surface area (TPSA) is 82.3 Å². The molecule has 7 heteroatoms. The van der Waals surface area contributed by atoms with E-state index < -0.39 is 0 Å². The number of carbonyl (C=O) groups excluding carboxylic acids is 3. The molecule has 0 atom stereocenters. The van der Waals surface area contributed by atoms with E-state index >= 15 is 0 Å². The van der Waals surface area contributed by atoms with Crippen LogP contribution in [0.5, 0.6) is 0 Å². The van der Waals surface area contributed by atoms with Crippen molar-refractivity contribution < 1.29 is 14.4 Å². The summed E-state index contributed by atoms with van der Waals surface area (Å²) in [6.45, 7) is 7.65. The molecule has 0 saturated carbocycles. The molecule has 2 aromatic heterocycles. The van der Waals surface area contributed by atoms with E-state index in [-0.39, 0.29) is 24.1 Å². The molecule has 2 heterocycles. The van der Waals surface area contributed by atoms with Gasteiger partial charge in [0.1, 0.15) is 5.69 Å². The van der Waals surface area contributed by atoms with Crippen molar-refractivity contribution in [3.05, 3.63) is 44.9 Å². The van der Waals surface area contributed by atoms with Crippen LogP contribution < -0.4 is 5.32 Å². The normalized spacial score (nSPS) is 10.6. The van der Waals surface area contributed by atoms with Gasteiger partial charge in [-0.15, -0.1) is 11.3 Å². The van der Waals surface area contributed by atoms with Gasteiger partial charge in [0.2, 0.25) is 5.91 Å². The molecule has 0 saturated heterocycles. The molecule has 25 heavy (non-hydrogen) atoms. The Labute approximate surface area is 151 Å². The Kier molecular flexibility index (Phi) is 6.14. The van der Waals surface area contributed by atoms with Gasteiger partial charge in [-0.1, -0.05) is 6.07 Å². The van der Waals surface area contributed by atoms with Crippen LogP contribution >= 0.6 is 11.3 Å². The molecule has 2 rings (SSSR count). The van der Waals surface area contributed by atoms with Crippen molar-refractivity contribution in [2.75, 3.05) is 13.1 Å². The van der Waals surface area contributed by atoms with Crippen molar-refractivity contribution in [2.24, 2.45) is 0 Å². The van der Waals surface area contributed by atoms with Crippen LogP contribution in [0.2, 0.25) is 0 Å². The molecule has 0 aliphatic rings. The number of aromatic nitrogens is 1. The monoisotopic (exact) mass is 361 g/mol. The Morgan fingerprint density at radius 1 is 1.28 bits per heavy atom. The molecule has 2 aromatic rings. The number of carbonyl (C=O) groups is 3. The summed E-state index contributed by atoms with van der Waals surface area (Å²) in [6, 6.07) is 3.87. The van der Waals surface area contributed by atoms with Gasteiger partial charge < -0.3 is 15.2 Å². The maximum absolute atomic E-state index is 12.8. The molecule has 0 bridgehead atoms. The van der Waals surface area contributed by atoms with Crippen LogP contribution in [0.1, 0.15) is 50.8 Å². The average Bonchev–Trinajstić information content (AvgIpc) is 3.17. The van der Waals surface area contributed by atoms with Gasteiger partial charge in [0.05, 0.1) is 13.1 Å². The zero-order chi connectivity index (χ0) is 18.6. The standard InChI is InChI=1S/C18H23N3O3S/c1-5-21(10-15(23)19-9-14-7-6-8-25-14)18(24)17-11(2)16(13(4)22)12(3)20-17/h6-8,20H,5,9-10H2,1-4H3,(H,19,23). The highest BCUT2D eigenvalue weighted by atomic mass is 32.1. The van der Waals surface area contributed by atoms with Gasteiger partial charge in [-0.2, -0.15) is 0 Å². The summed E-state index contributed by atoms with van der Waals surface area (Å²) >= 11 is 1.57. The smallest absolute Gasteiger partial charge is 0.271 e. The average molecular weight is 361 g/mol. The zero-order valence-electron chi connectivity index (χ0n) is 14.9. The molecule has 0 unspecified atom stereocenters. The first-order valence-electron chi connectivity index (χ1n) is 8.13. The zero-order valence-corrected chi connectivity index (χ0v) is 15.8. The second-order valence-corrected chi connectivity index (χ2v) is 6.89. The molecular formula is C18H23N3O3S. The fraction of sp³-hybridized carbons (Fsp3) is 0.389. The van der Waals surface area contributed by atoms with Gasteiger partial charge in [-0.05, 0) is 44.7 Å². The number of ketones is 1. The number of amides is 2. The molecule has 2 N–H and O–H groups in total. The number of rotatable bonds is 7. The fourth-order valence-electron chi connectivity index (χ4n) is 2.81. The summed E-state index contributed by atoms with van der Waals surface area (Å²) in [6.07, 6.45) is 0. The van der Waals surface area contributed by atoms with Crippen molar-refractivity contribution >= 4 is 28.9 Å². The van der Waals surface area contributed by atoms with Crippen LogP contribution in [-0.2, 0) is 11.3 Å². The third-order valence-corrected chi connectivity index (χ3v) is 4.92. The lowest BCUT2D eigenvalue weighted by molar-refractivity contribution is -0.121. The minimum Gasteiger partial charge on any atom is -0.354 e. The number of nitrogens with one attached hydrogen (secondary N) is 2. The number of hydrogen-bond acceptors (Lipinski definition) is 4. The highest BCUT2D eigenvalue weighted by molar-refractivity contribution is 7.09. The highest BCUT2D eigenvalue weighted by Gasteiger charge is 2.24. The number of likely N-dealkylation sites (N-methyl/N-ethyl adjacent to an activating group) is 1. The Bertz CT molecular complexity index is 778. The Morgan fingerprint density at radius 3 is 2.52 bits per heavy atom. The van der Waals surface area contributed by atoms with Crippen LogP contribution in [-0.4, -0.2) is 40.6 Å². The van der Waals surface area contributed by atoms with E-state index in [0.717, 1.165) is 4.88 Å². The van der Waals surface area contributed by atoms with Gasteiger partial charge in [-0.3, -0.25) is 14.4 Å². The predicted octanol–water partition coefficient (Wildman–Crippen LogP) is 2.67. The largest absolute Gasteiger partial charge is 0.354 e. The van der Waals surface area contributed by atoms with E-state index in [0.29, 0.717) is 35.6 Å². The van der Waals surface area contributed by atoms with Gasteiger partial charge in [0.15, 0.2) is 5.78 Å². The molecule has 134 valence electrons. The van der Waals surface area contributed by atoms with Crippen LogP contribution in [0.4, 0.5) is 0 Å². The number of H-pyrrole nitrogens is 1. The lowest BCUT2D eigenvalue weighted by atomic mass is 10.1. The van der Waals surface area contributed by atoms with Crippen molar-refractivity contribution in [2.45, 2.75) is 34.2 Å². The van der Waals surface area contributed by atoms with Crippen molar-refractivity contribution in [3.8, 4) is 0 Å². The number of Topliss-reactive ketones (excluding diaryl/α,β-unsaturated/α-hetero) is 1. The van der Waals surface area contributed by atoms with Gasteiger partial charge in [0.25, 0.3) is 5.91 Å². The Morgan fingerprint density at radius 2 is 2.00 bits per heavy atom. The first-order valence-corrected chi connectivity index (χ1v) is 9.01. The van der Waals surface area contributed by atoms with E-state index in [1.807, 2.05) is 24.4 Å². The minimum atomic E-state index is -0.276. The third-order valence-electron chi connectivity index (χ3n) is 4.05. The van der Waals surface area contributed by atoms with E-state index in [1.54, 1.807) is 25.2 Å². The summed E-state index contributed by atoms with van der Waals surface area (Å²) in [7, 11) is 0. The molecule has 0 fully saturated rings. The van der Waals surface area contributed by atoms with E-state index in [2.05, 4.69) is 10.3 Å². The third kappa shape index (κ3) is 4.36. The Hall–Kier alpha value is -2.41. The number of nitrogens with zero attached hydrogens (tertiary/aromatic N) is 1. The number of hydrogen-bond donors (Lipinski definition) is 2. The second kappa shape index (κ2) is 8.11. The second-order valence-electron chi connectivity index (χ2n) is 5.86. The molecule has 0 aliphatic carbocycles. The maximum Gasteiger partial charge on any atom is 0.271 e. The van der Waals surface area contributed by atoms with Crippen molar-refractivity contribution in [1.29, 1.82) is 0 Å². The van der Waals surface area contributed by atoms with Crippen LogP contribution in [0.25, 0.3) is 0 Å². The van der Waals surface area contributed by atoms with Crippen LogP contribution in [0, 0.1) is 13.8 Å². The summed E-state index contributed by atoms with van der Waals surface area (Å²) in [4.78, 5) is 42.2. The highest BCUT2D eigenvalue weighted by Crippen LogP contribution is 2.20. The number of aromatic amines is 1. The summed E-state index contributed by atoms with van der Waals surface area (Å²) in [5, 5.41) is 4.77. The van der Waals surface area contributed by atoms with Gasteiger partial charge in [-0.25, -0.2) is 0 Å². The molecular weight excluding hydrogens is 338 g/mol. The van der Waals surface area contributed by atoms with Gasteiger partial charge in [0, 0.05) is 22.7 Å². The van der Waals surface area contributed by atoms with E-state index in [4.69, 9.17) is 0 Å². The van der Waals surface area contributed by atoms with E-state index in [1.165, 1.54) is 11.8 Å². The molecule has 0 aliphatic heterocycles. The van der Waals surface area contributed by atoms with Crippen molar-refractivity contribution in [1.82, 2.24) is 15.2 Å². The first-order chi connectivity index (χ1) is 11.8. The van der Waals surface area contributed by atoms with Crippen molar-refractivity contribution in [3.63, 3.8) is 0 Å². The SMILES string of the molecule is CCN(CC(=O)NCc1cccs1)C(=O)c1[nH]c(C)c(C(C)=O)c1C. The Balaban J connectivity index is 2.07. The molecule has 0 spiro atoms. The van der Waals surface area contributed by atoms with E-state index in [9.17, 15) is 14.4 Å². The fourth-order valence-corrected chi connectivity index (χ4v) is 3.45. The quantitative estimate of drug-likeness (QED) is 0.744. The summed E-state index contributed by atoms with van der Waals surface area (Å²) < 4.78 is 0. The molecule has 6 nitrogen and oxygen atoms in total. The van der Waals surface area contributed by atoms with Crippen LogP contribution in [0.15, 0.2) is 17.5 Å². The maximum atomic E-state index is 12.8. The number of aryl methyl sites for hydroxylation is 1. The molecule has 0 radical (unpaired) electrons. The molecule has 0 aromatic carbocycles. The number of thiophene rings is 1. The lowest BCUT2D eigenvalue weighted by Gasteiger charge is -2.20. The molecule has 2 amide bonds. The lowest BCUT2D eigenvalue weighted by Crippen LogP contribution is -2.40. The summed E-state index contributed by atoms with van der Waals surface area (Å²) in [5.74, 6) is -0.569. The van der Waals surface area contributed by atoms with Crippen LogP contribution in [0.3, 0.4) is 0 Å². The first kappa shape index (κ1) is 18.9. The predicted molar refractivity (Wildman–Crippen MR) is 98.0 cm³/mol. The summed E-state index contributed by atoms with van der Waals surface area (Å²) in [5.41, 5.74) is 2.22. The van der Waals surface area contributed by atoms with Gasteiger partial charge >= 0.3 is 0 Å². The minimum absolute atomic E-state index is 0.0202.